The molecule has 2 N–H and O–H groups in total. The molecule has 0 spiro atoms. The topological polar surface area (TPSA) is 117 Å². The van der Waals surface area contributed by atoms with Crippen molar-refractivity contribution in [3.63, 3.8) is 0 Å². The van der Waals surface area contributed by atoms with Crippen molar-refractivity contribution in [2.75, 3.05) is 32.6 Å². The van der Waals surface area contributed by atoms with Crippen molar-refractivity contribution in [2.24, 2.45) is 0 Å². The molecule has 5 aromatic rings. The molecular weight excluding hydrogens is 560 g/mol. The maximum absolute atomic E-state index is 15.2. The van der Waals surface area contributed by atoms with E-state index in [0.717, 1.165) is 6.07 Å². The van der Waals surface area contributed by atoms with Gasteiger partial charge in [-0.05, 0) is 29.8 Å². The van der Waals surface area contributed by atoms with Gasteiger partial charge < -0.3 is 29.4 Å². The van der Waals surface area contributed by atoms with Gasteiger partial charge in [0.05, 0.1) is 25.8 Å². The highest BCUT2D eigenvalue weighted by molar-refractivity contribution is 6.04. The number of nitrogens with one attached hydrogen (secondary N) is 2. The van der Waals surface area contributed by atoms with Gasteiger partial charge in [0.15, 0.2) is 23.1 Å². The fourth-order valence-corrected chi connectivity index (χ4v) is 4.65. The van der Waals surface area contributed by atoms with E-state index in [2.05, 4.69) is 20.6 Å². The predicted octanol–water partition coefficient (Wildman–Crippen LogP) is 4.94. The van der Waals surface area contributed by atoms with Crippen LogP contribution in [-0.4, -0.2) is 47.8 Å². The number of nitrogens with zero attached hydrogens (tertiary/aromatic N) is 3. The number of carbonyl (C=O) groups is 1. The summed E-state index contributed by atoms with van der Waals surface area (Å²) < 4.78 is 46.9. The number of halogens is 2. The monoisotopic (exact) mass is 585 g/mol. The number of aromatic nitrogens is 3. The van der Waals surface area contributed by atoms with Crippen molar-refractivity contribution >= 4 is 22.6 Å². The molecule has 1 saturated heterocycles. The Labute approximate surface area is 243 Å². The number of anilines is 1. The first kappa shape index (κ1) is 27.8. The highest BCUT2D eigenvalue weighted by Crippen LogP contribution is 2.35. The zero-order valence-electron chi connectivity index (χ0n) is 23.1. The minimum Gasteiger partial charge on any atom is -0.491 e. The average Bonchev–Trinajstić information content (AvgIpc) is 2.98. The molecule has 12 heteroatoms. The van der Waals surface area contributed by atoms with E-state index in [1.807, 2.05) is 0 Å². The maximum Gasteiger partial charge on any atom is 0.261 e. The first-order valence-electron chi connectivity index (χ1n) is 13.2. The molecule has 2 aromatic carbocycles. The second-order valence-electron chi connectivity index (χ2n) is 9.76. The lowest BCUT2D eigenvalue weighted by atomic mass is 10.0. The Kier molecular flexibility index (Phi) is 7.43. The Hall–Kier alpha value is -5.36. The SMILES string of the molecule is COc1cc2nccc(Oc3ccc(NC(=O)c4cn(C5CNC5)cc(-c5ccc(F)cc5)c4=O)cc3F)c2nc1OC. The molecule has 6 rings (SSSR count). The molecular formula is C31H25F2N5O5. The Balaban J connectivity index is 1.28. The van der Waals surface area contributed by atoms with Crippen LogP contribution in [0.25, 0.3) is 22.2 Å². The fraction of sp³-hybridized carbons (Fsp3) is 0.161. The number of pyridine rings is 3. The van der Waals surface area contributed by atoms with Crippen molar-refractivity contribution < 1.29 is 27.8 Å². The molecule has 0 bridgehead atoms. The summed E-state index contributed by atoms with van der Waals surface area (Å²) in [5.74, 6) is -1.23. The highest BCUT2D eigenvalue weighted by atomic mass is 19.1. The van der Waals surface area contributed by atoms with Gasteiger partial charge in [0.1, 0.15) is 16.9 Å². The molecule has 218 valence electrons. The maximum atomic E-state index is 15.2. The van der Waals surface area contributed by atoms with Gasteiger partial charge >= 0.3 is 0 Å². The molecule has 43 heavy (non-hydrogen) atoms. The third kappa shape index (κ3) is 5.47. The van der Waals surface area contributed by atoms with Gasteiger partial charge in [-0.1, -0.05) is 12.1 Å². The second kappa shape index (κ2) is 11.5. The van der Waals surface area contributed by atoms with Crippen LogP contribution in [0, 0.1) is 11.6 Å². The molecule has 1 amide bonds. The zero-order chi connectivity index (χ0) is 30.1. The van der Waals surface area contributed by atoms with E-state index < -0.39 is 23.0 Å². The van der Waals surface area contributed by atoms with Crippen LogP contribution < -0.4 is 30.3 Å². The second-order valence-corrected chi connectivity index (χ2v) is 9.76. The molecule has 1 aliphatic heterocycles. The Morgan fingerprint density at radius 2 is 1.77 bits per heavy atom. The molecule has 0 aliphatic carbocycles. The van der Waals surface area contributed by atoms with Gasteiger partial charge in [-0.2, -0.15) is 0 Å². The number of carbonyl (C=O) groups excluding carboxylic acids is 1. The lowest BCUT2D eigenvalue weighted by molar-refractivity contribution is 0.102. The lowest BCUT2D eigenvalue weighted by Gasteiger charge is -2.30. The van der Waals surface area contributed by atoms with E-state index >= 15 is 4.39 Å². The van der Waals surface area contributed by atoms with E-state index in [1.165, 1.54) is 69.1 Å². The van der Waals surface area contributed by atoms with Crippen LogP contribution in [0.2, 0.25) is 0 Å². The largest absolute Gasteiger partial charge is 0.491 e. The van der Waals surface area contributed by atoms with Gasteiger partial charge in [-0.15, -0.1) is 0 Å². The number of hydrogen-bond donors (Lipinski definition) is 2. The Morgan fingerprint density at radius 3 is 2.44 bits per heavy atom. The van der Waals surface area contributed by atoms with E-state index in [1.54, 1.807) is 16.8 Å². The predicted molar refractivity (Wildman–Crippen MR) is 155 cm³/mol. The molecule has 1 aliphatic rings. The van der Waals surface area contributed by atoms with Gasteiger partial charge in [0, 0.05) is 61.1 Å². The number of hydrogen-bond acceptors (Lipinski definition) is 8. The summed E-state index contributed by atoms with van der Waals surface area (Å²) in [6.45, 7) is 1.34. The molecule has 1 fully saturated rings. The van der Waals surface area contributed by atoms with Gasteiger partial charge in [0.25, 0.3) is 11.8 Å². The smallest absolute Gasteiger partial charge is 0.261 e. The van der Waals surface area contributed by atoms with E-state index in [9.17, 15) is 14.0 Å². The number of fused-ring (bicyclic) bond motifs is 1. The summed E-state index contributed by atoms with van der Waals surface area (Å²) in [5, 5.41) is 5.76. The minimum absolute atomic E-state index is 0.0417. The summed E-state index contributed by atoms with van der Waals surface area (Å²) in [6, 6.07) is 12.6. The van der Waals surface area contributed by atoms with Gasteiger partial charge in [-0.25, -0.2) is 13.8 Å². The lowest BCUT2D eigenvalue weighted by Crippen LogP contribution is -2.44. The van der Waals surface area contributed by atoms with Crippen molar-refractivity contribution in [3.8, 4) is 34.3 Å². The van der Waals surface area contributed by atoms with E-state index in [4.69, 9.17) is 14.2 Å². The summed E-state index contributed by atoms with van der Waals surface area (Å²) in [4.78, 5) is 35.3. The van der Waals surface area contributed by atoms with Crippen LogP contribution in [0.1, 0.15) is 16.4 Å². The molecule has 0 saturated carbocycles. The fourth-order valence-electron chi connectivity index (χ4n) is 4.65. The van der Waals surface area contributed by atoms with Gasteiger partial charge in [0.2, 0.25) is 5.43 Å². The summed E-state index contributed by atoms with van der Waals surface area (Å²) in [6.07, 6.45) is 4.63. The molecule has 3 aromatic heterocycles. The normalized spacial score (nSPS) is 12.9. The van der Waals surface area contributed by atoms with Gasteiger partial charge in [-0.3, -0.25) is 14.6 Å². The summed E-state index contributed by atoms with van der Waals surface area (Å²) in [7, 11) is 2.92. The number of ether oxygens (including phenoxy) is 3. The quantitative estimate of drug-likeness (QED) is 0.263. The van der Waals surface area contributed by atoms with Crippen LogP contribution >= 0.6 is 0 Å². The van der Waals surface area contributed by atoms with Crippen molar-refractivity contribution in [1.29, 1.82) is 0 Å². The zero-order valence-corrected chi connectivity index (χ0v) is 23.1. The van der Waals surface area contributed by atoms with Crippen molar-refractivity contribution in [3.05, 3.63) is 101 Å². The first-order valence-corrected chi connectivity index (χ1v) is 13.2. The average molecular weight is 586 g/mol. The molecule has 0 radical (unpaired) electrons. The molecule has 0 atom stereocenters. The first-order chi connectivity index (χ1) is 20.8. The number of benzene rings is 2. The standard InChI is InChI=1S/C31H25F2N5O5/c1-41-27-12-24-28(37-31(27)42-2)26(9-10-35-24)43-25-8-7-19(11-23(25)33)36-30(40)22-16-38(20-13-34-14-20)15-21(29(22)39)17-3-5-18(32)6-4-17/h3-12,15-16,20,34H,13-14H2,1-2H3,(H,36,40). The minimum atomic E-state index is -0.763. The van der Waals surface area contributed by atoms with Crippen LogP contribution in [0.4, 0.5) is 14.5 Å². The highest BCUT2D eigenvalue weighted by Gasteiger charge is 2.23. The third-order valence-corrected chi connectivity index (χ3v) is 7.06. The summed E-state index contributed by atoms with van der Waals surface area (Å²) >= 11 is 0. The van der Waals surface area contributed by atoms with Crippen molar-refractivity contribution in [2.45, 2.75) is 6.04 Å². The molecule has 10 nitrogen and oxygen atoms in total. The molecule has 4 heterocycles. The summed E-state index contributed by atoms with van der Waals surface area (Å²) in [5.41, 5.74) is 0.958. The van der Waals surface area contributed by atoms with E-state index in [-0.39, 0.29) is 40.2 Å². The van der Waals surface area contributed by atoms with E-state index in [0.29, 0.717) is 35.4 Å². The Morgan fingerprint density at radius 1 is 0.977 bits per heavy atom. The third-order valence-electron chi connectivity index (χ3n) is 7.06. The number of rotatable bonds is 8. The van der Waals surface area contributed by atoms with Crippen molar-refractivity contribution in [1.82, 2.24) is 19.9 Å². The van der Waals surface area contributed by atoms with Crippen LogP contribution in [0.5, 0.6) is 23.1 Å². The molecule has 0 unspecified atom stereocenters. The number of methoxy groups -OCH3 is 2. The van der Waals surface area contributed by atoms with Crippen LogP contribution in [0.15, 0.2) is 78.0 Å². The number of amides is 1. The Bertz CT molecular complexity index is 1910. The van der Waals surface area contributed by atoms with Crippen LogP contribution in [-0.2, 0) is 0 Å². The van der Waals surface area contributed by atoms with Crippen LogP contribution in [0.3, 0.4) is 0 Å².